The first-order chi connectivity index (χ1) is 7.50. The Morgan fingerprint density at radius 3 is 2.31 bits per heavy atom. The highest BCUT2D eigenvalue weighted by atomic mass is 16.2. The minimum atomic E-state index is -0.799. The lowest BCUT2D eigenvalue weighted by molar-refractivity contribution is -0.121. The van der Waals surface area contributed by atoms with Crippen LogP contribution < -0.4 is 16.4 Å². The molecule has 0 aliphatic heterocycles. The lowest BCUT2D eigenvalue weighted by Crippen LogP contribution is -2.50. The van der Waals surface area contributed by atoms with Crippen molar-refractivity contribution in [3.8, 4) is 0 Å². The summed E-state index contributed by atoms with van der Waals surface area (Å²) in [7, 11) is 0. The van der Waals surface area contributed by atoms with Gasteiger partial charge in [-0.1, -0.05) is 12.8 Å². The Hall–Kier alpha value is -1.10. The lowest BCUT2D eigenvalue weighted by Gasteiger charge is -2.23. The second kappa shape index (κ2) is 5.84. The fourth-order valence-corrected chi connectivity index (χ4v) is 2.29. The molecule has 0 spiro atoms. The Morgan fingerprint density at radius 1 is 1.25 bits per heavy atom. The number of nitrogens with two attached hydrogens (primary N) is 1. The van der Waals surface area contributed by atoms with Crippen LogP contribution in [0.2, 0.25) is 0 Å². The van der Waals surface area contributed by atoms with Gasteiger partial charge in [-0.25, -0.2) is 4.79 Å². The summed E-state index contributed by atoms with van der Waals surface area (Å²) < 4.78 is 0. The second-order valence-corrected chi connectivity index (χ2v) is 4.58. The fraction of sp³-hybridized carbons (Fsp3) is 0.818. The predicted molar refractivity (Wildman–Crippen MR) is 61.7 cm³/mol. The summed E-state index contributed by atoms with van der Waals surface area (Å²) in [6.45, 7) is 3.83. The van der Waals surface area contributed by atoms with E-state index in [4.69, 9.17) is 5.73 Å². The Bertz CT molecular complexity index is 262. The van der Waals surface area contributed by atoms with Crippen LogP contribution in [0.1, 0.15) is 39.5 Å². The average Bonchev–Trinajstić information content (AvgIpc) is 2.68. The number of carbonyl (C=O) groups excluding carboxylic acids is 2. The van der Waals surface area contributed by atoms with E-state index in [1.807, 2.05) is 0 Å². The Balaban J connectivity index is 2.34. The highest BCUT2D eigenvalue weighted by molar-refractivity contribution is 5.96. The summed E-state index contributed by atoms with van der Waals surface area (Å²) in [6.07, 6.45) is 4.99. The molecule has 1 fully saturated rings. The van der Waals surface area contributed by atoms with Crippen LogP contribution in [0, 0.1) is 5.92 Å². The predicted octanol–water partition coefficient (Wildman–Crippen LogP) is 0.738. The molecule has 2 atom stereocenters. The zero-order chi connectivity index (χ0) is 12.1. The van der Waals surface area contributed by atoms with Gasteiger partial charge in [-0.15, -0.1) is 0 Å². The van der Waals surface area contributed by atoms with Crippen molar-refractivity contribution in [1.82, 2.24) is 10.6 Å². The van der Waals surface area contributed by atoms with Crippen molar-refractivity contribution in [2.45, 2.75) is 51.6 Å². The van der Waals surface area contributed by atoms with Crippen LogP contribution in [0.5, 0.6) is 0 Å². The molecule has 1 aliphatic rings. The highest BCUT2D eigenvalue weighted by Gasteiger charge is 2.24. The van der Waals surface area contributed by atoms with E-state index in [1.54, 1.807) is 6.92 Å². The van der Waals surface area contributed by atoms with E-state index in [-0.39, 0.29) is 11.9 Å². The minimum absolute atomic E-state index is 0.302. The van der Waals surface area contributed by atoms with Crippen LogP contribution in [-0.4, -0.2) is 24.0 Å². The molecule has 4 N–H and O–H groups in total. The molecule has 16 heavy (non-hydrogen) atoms. The third kappa shape index (κ3) is 3.81. The molecule has 5 nitrogen and oxygen atoms in total. The van der Waals surface area contributed by atoms with E-state index in [9.17, 15) is 9.59 Å². The van der Waals surface area contributed by atoms with Crippen molar-refractivity contribution >= 4 is 11.9 Å². The van der Waals surface area contributed by atoms with Gasteiger partial charge in [0.1, 0.15) is 0 Å². The van der Waals surface area contributed by atoms with Gasteiger partial charge in [-0.2, -0.15) is 0 Å². The quantitative estimate of drug-likeness (QED) is 0.662. The SMILES string of the molecule is CC(N[C@H](C)C1CCCC1)C(=O)NC(N)=O. The van der Waals surface area contributed by atoms with Crippen LogP contribution in [-0.2, 0) is 4.79 Å². The highest BCUT2D eigenvalue weighted by Crippen LogP contribution is 2.27. The molecule has 92 valence electrons. The molecule has 0 bridgehead atoms. The minimum Gasteiger partial charge on any atom is -0.351 e. The Labute approximate surface area is 96.1 Å². The zero-order valence-corrected chi connectivity index (χ0v) is 9.95. The van der Waals surface area contributed by atoms with Crippen LogP contribution in [0.4, 0.5) is 4.79 Å². The first-order valence-electron chi connectivity index (χ1n) is 5.87. The molecule has 0 saturated heterocycles. The number of carbonyl (C=O) groups is 2. The standard InChI is InChI=1S/C11H21N3O2/c1-7(9-5-3-4-6-9)13-8(2)10(15)14-11(12)16/h7-9,13H,3-6H2,1-2H3,(H3,12,14,15,16)/t7-,8?/m1/s1. The first kappa shape index (κ1) is 13.0. The fourth-order valence-electron chi connectivity index (χ4n) is 2.29. The monoisotopic (exact) mass is 227 g/mol. The number of imide groups is 1. The topological polar surface area (TPSA) is 84.2 Å². The summed E-state index contributed by atoms with van der Waals surface area (Å²) in [5, 5.41) is 5.28. The van der Waals surface area contributed by atoms with Gasteiger partial charge >= 0.3 is 6.03 Å². The molecule has 1 saturated carbocycles. The summed E-state index contributed by atoms with van der Waals surface area (Å²) in [4.78, 5) is 21.9. The third-order valence-electron chi connectivity index (χ3n) is 3.26. The number of primary amides is 1. The smallest absolute Gasteiger partial charge is 0.318 e. The maximum Gasteiger partial charge on any atom is 0.318 e. The lowest BCUT2D eigenvalue weighted by atomic mass is 9.99. The molecule has 0 aromatic heterocycles. The normalized spacial score (nSPS) is 20.4. The van der Waals surface area contributed by atoms with E-state index in [0.29, 0.717) is 12.0 Å². The van der Waals surface area contributed by atoms with Gasteiger partial charge in [0, 0.05) is 6.04 Å². The first-order valence-corrected chi connectivity index (χ1v) is 5.87. The molecule has 0 aromatic rings. The van der Waals surface area contributed by atoms with E-state index in [1.165, 1.54) is 25.7 Å². The average molecular weight is 227 g/mol. The molecule has 1 rings (SSSR count). The largest absolute Gasteiger partial charge is 0.351 e. The Morgan fingerprint density at radius 2 is 1.81 bits per heavy atom. The van der Waals surface area contributed by atoms with Crippen molar-refractivity contribution in [3.63, 3.8) is 0 Å². The summed E-state index contributed by atoms with van der Waals surface area (Å²) in [6, 6.07) is -0.883. The van der Waals surface area contributed by atoms with Gasteiger partial charge in [0.25, 0.3) is 0 Å². The van der Waals surface area contributed by atoms with E-state index in [2.05, 4.69) is 17.6 Å². The molecule has 5 heteroatoms. The number of hydrogen-bond acceptors (Lipinski definition) is 3. The molecule has 0 radical (unpaired) electrons. The number of nitrogens with one attached hydrogen (secondary N) is 2. The van der Waals surface area contributed by atoms with E-state index < -0.39 is 6.03 Å². The van der Waals surface area contributed by atoms with Gasteiger partial charge in [0.15, 0.2) is 0 Å². The number of amides is 3. The van der Waals surface area contributed by atoms with Crippen LogP contribution in [0.3, 0.4) is 0 Å². The van der Waals surface area contributed by atoms with Crippen LogP contribution >= 0.6 is 0 Å². The number of urea groups is 1. The summed E-state index contributed by atoms with van der Waals surface area (Å²) >= 11 is 0. The third-order valence-corrected chi connectivity index (χ3v) is 3.26. The summed E-state index contributed by atoms with van der Waals surface area (Å²) in [5.41, 5.74) is 4.89. The molecule has 0 heterocycles. The van der Waals surface area contributed by atoms with Crippen molar-refractivity contribution in [3.05, 3.63) is 0 Å². The summed E-state index contributed by atoms with van der Waals surface area (Å²) in [5.74, 6) is 0.279. The van der Waals surface area contributed by atoms with Gasteiger partial charge in [0.2, 0.25) is 5.91 Å². The van der Waals surface area contributed by atoms with E-state index >= 15 is 0 Å². The van der Waals surface area contributed by atoms with Gasteiger partial charge in [-0.3, -0.25) is 10.1 Å². The van der Waals surface area contributed by atoms with Crippen molar-refractivity contribution in [1.29, 1.82) is 0 Å². The molecule has 3 amide bonds. The molecular formula is C11H21N3O2. The van der Waals surface area contributed by atoms with Crippen molar-refractivity contribution in [2.75, 3.05) is 0 Å². The Kier molecular flexibility index (Phi) is 4.73. The van der Waals surface area contributed by atoms with Crippen LogP contribution in [0.25, 0.3) is 0 Å². The molecular weight excluding hydrogens is 206 g/mol. The van der Waals surface area contributed by atoms with E-state index in [0.717, 1.165) is 0 Å². The van der Waals surface area contributed by atoms with Crippen LogP contribution in [0.15, 0.2) is 0 Å². The zero-order valence-electron chi connectivity index (χ0n) is 9.95. The van der Waals surface area contributed by atoms with Gasteiger partial charge < -0.3 is 11.1 Å². The molecule has 1 unspecified atom stereocenters. The second-order valence-electron chi connectivity index (χ2n) is 4.58. The number of hydrogen-bond donors (Lipinski definition) is 3. The molecule has 1 aliphatic carbocycles. The molecule has 0 aromatic carbocycles. The van der Waals surface area contributed by atoms with Crippen molar-refractivity contribution in [2.24, 2.45) is 11.7 Å². The maximum atomic E-state index is 11.4. The van der Waals surface area contributed by atoms with Gasteiger partial charge in [-0.05, 0) is 32.6 Å². The van der Waals surface area contributed by atoms with Gasteiger partial charge in [0.05, 0.1) is 6.04 Å². The van der Waals surface area contributed by atoms with Crippen molar-refractivity contribution < 1.29 is 9.59 Å². The maximum absolute atomic E-state index is 11.4. The number of rotatable bonds is 4.